The fourth-order valence-corrected chi connectivity index (χ4v) is 2.98. The second-order valence-corrected chi connectivity index (χ2v) is 6.02. The smallest absolute Gasteiger partial charge is 0.225 e. The molecule has 1 saturated heterocycles. The van der Waals surface area contributed by atoms with Gasteiger partial charge in [-0.1, -0.05) is 0 Å². The molecule has 1 aliphatic heterocycles. The number of hydrogen-bond acceptors (Lipinski definition) is 4. The van der Waals surface area contributed by atoms with Crippen molar-refractivity contribution in [3.63, 3.8) is 0 Å². The highest BCUT2D eigenvalue weighted by Gasteiger charge is 2.20. The molecule has 1 aromatic carbocycles. The number of nitrogens with one attached hydrogen (secondary N) is 1. The van der Waals surface area contributed by atoms with Gasteiger partial charge in [0.05, 0.1) is 0 Å². The molecule has 0 aliphatic carbocycles. The van der Waals surface area contributed by atoms with E-state index in [2.05, 4.69) is 30.1 Å². The van der Waals surface area contributed by atoms with Crippen LogP contribution in [0.1, 0.15) is 5.56 Å². The van der Waals surface area contributed by atoms with Crippen LogP contribution in [0.2, 0.25) is 0 Å². The molecule has 3 rings (SSSR count). The van der Waals surface area contributed by atoms with Gasteiger partial charge in [0.25, 0.3) is 0 Å². The maximum atomic E-state index is 13.2. The average Bonchev–Trinajstić information content (AvgIpc) is 2.65. The fraction of sp³-hybridized carbons (Fsp3) is 0.389. The average molecular weight is 488 g/mol. The molecule has 9 heteroatoms. The van der Waals surface area contributed by atoms with Crippen LogP contribution < -0.4 is 10.2 Å². The number of aliphatic imine (C=N–C) groups is 1. The summed E-state index contributed by atoms with van der Waals surface area (Å²) >= 11 is 0. The van der Waals surface area contributed by atoms with Gasteiger partial charge in [-0.05, 0) is 30.2 Å². The molecule has 0 spiro atoms. The van der Waals surface area contributed by atoms with Crippen LogP contribution in [0.3, 0.4) is 0 Å². The second kappa shape index (κ2) is 10.3. The van der Waals surface area contributed by atoms with E-state index < -0.39 is 11.6 Å². The van der Waals surface area contributed by atoms with Gasteiger partial charge in [0.15, 0.2) is 5.96 Å². The highest BCUT2D eigenvalue weighted by atomic mass is 127. The molecule has 1 aliphatic rings. The van der Waals surface area contributed by atoms with E-state index in [1.54, 1.807) is 25.5 Å². The molecule has 0 amide bonds. The molecule has 0 unspecified atom stereocenters. The SMILES string of the molecule is CN=C(NCCc1cc(F)cc(F)c1)N1CCN(c2ncccn2)CC1.I. The lowest BCUT2D eigenvalue weighted by atomic mass is 10.1. The molecule has 27 heavy (non-hydrogen) atoms. The van der Waals surface area contributed by atoms with Crippen molar-refractivity contribution in [1.82, 2.24) is 20.2 Å². The Kier molecular flexibility index (Phi) is 8.14. The van der Waals surface area contributed by atoms with Crippen LogP contribution in [0, 0.1) is 11.6 Å². The summed E-state index contributed by atoms with van der Waals surface area (Å²) in [4.78, 5) is 17.2. The van der Waals surface area contributed by atoms with Crippen LogP contribution in [-0.2, 0) is 6.42 Å². The van der Waals surface area contributed by atoms with Crippen LogP contribution in [0.4, 0.5) is 14.7 Å². The van der Waals surface area contributed by atoms with E-state index in [-0.39, 0.29) is 24.0 Å². The van der Waals surface area contributed by atoms with Crippen molar-refractivity contribution in [2.45, 2.75) is 6.42 Å². The molecular weight excluding hydrogens is 465 g/mol. The Morgan fingerprint density at radius 1 is 1.07 bits per heavy atom. The second-order valence-electron chi connectivity index (χ2n) is 6.02. The minimum Gasteiger partial charge on any atom is -0.356 e. The van der Waals surface area contributed by atoms with Crippen molar-refractivity contribution >= 4 is 35.9 Å². The number of benzene rings is 1. The third kappa shape index (κ3) is 5.98. The summed E-state index contributed by atoms with van der Waals surface area (Å²) in [7, 11) is 1.73. The normalized spacial score (nSPS) is 14.7. The molecule has 0 saturated carbocycles. The van der Waals surface area contributed by atoms with Gasteiger partial charge in [0.1, 0.15) is 11.6 Å². The summed E-state index contributed by atoms with van der Waals surface area (Å²) in [6, 6.07) is 5.39. The summed E-state index contributed by atoms with van der Waals surface area (Å²) in [5.74, 6) is 0.422. The predicted molar refractivity (Wildman–Crippen MR) is 113 cm³/mol. The molecule has 1 fully saturated rings. The van der Waals surface area contributed by atoms with Crippen LogP contribution >= 0.6 is 24.0 Å². The van der Waals surface area contributed by atoms with Gasteiger partial charge < -0.3 is 15.1 Å². The van der Waals surface area contributed by atoms with E-state index in [0.717, 1.165) is 44.2 Å². The standard InChI is InChI=1S/C18H22F2N6.HI/c1-21-17(24-6-3-14-11-15(19)13-16(20)12-14)25-7-9-26(10-8-25)18-22-4-2-5-23-18;/h2,4-5,11-13H,3,6-10H2,1H3,(H,21,24);1H. The summed E-state index contributed by atoms with van der Waals surface area (Å²) in [6.07, 6.45) is 4.00. The summed E-state index contributed by atoms with van der Waals surface area (Å²) < 4.78 is 26.5. The number of guanidine groups is 1. The monoisotopic (exact) mass is 488 g/mol. The predicted octanol–water partition coefficient (Wildman–Crippen LogP) is 2.31. The Bertz CT molecular complexity index is 731. The van der Waals surface area contributed by atoms with Gasteiger partial charge >= 0.3 is 0 Å². The zero-order valence-corrected chi connectivity index (χ0v) is 17.4. The van der Waals surface area contributed by atoms with Crippen LogP contribution in [0.5, 0.6) is 0 Å². The van der Waals surface area contributed by atoms with Crippen molar-refractivity contribution in [2.24, 2.45) is 4.99 Å². The Morgan fingerprint density at radius 3 is 2.30 bits per heavy atom. The van der Waals surface area contributed by atoms with Gasteiger partial charge in [-0.15, -0.1) is 24.0 Å². The number of halogens is 3. The van der Waals surface area contributed by atoms with Crippen molar-refractivity contribution in [2.75, 3.05) is 44.7 Å². The summed E-state index contributed by atoms with van der Waals surface area (Å²) in [5.41, 5.74) is 0.622. The summed E-state index contributed by atoms with van der Waals surface area (Å²) in [5, 5.41) is 3.26. The zero-order valence-electron chi connectivity index (χ0n) is 15.1. The van der Waals surface area contributed by atoms with E-state index in [1.807, 2.05) is 0 Å². The van der Waals surface area contributed by atoms with Crippen molar-refractivity contribution in [3.05, 3.63) is 53.9 Å². The van der Waals surface area contributed by atoms with Crippen molar-refractivity contribution in [1.29, 1.82) is 0 Å². The molecule has 6 nitrogen and oxygen atoms in total. The van der Waals surface area contributed by atoms with E-state index in [1.165, 1.54) is 12.1 Å². The first-order chi connectivity index (χ1) is 12.7. The molecule has 0 radical (unpaired) electrons. The first kappa shape index (κ1) is 21.3. The third-order valence-corrected chi connectivity index (χ3v) is 4.25. The molecule has 2 heterocycles. The Hall–Kier alpha value is -2.04. The minimum atomic E-state index is -0.552. The Morgan fingerprint density at radius 2 is 1.70 bits per heavy atom. The number of rotatable bonds is 4. The number of nitrogens with zero attached hydrogens (tertiary/aromatic N) is 5. The lowest BCUT2D eigenvalue weighted by Gasteiger charge is -2.36. The number of piperazine rings is 1. The van der Waals surface area contributed by atoms with Crippen molar-refractivity contribution in [3.8, 4) is 0 Å². The Labute approximate surface area is 174 Å². The molecule has 1 aromatic heterocycles. The zero-order chi connectivity index (χ0) is 18.4. The Balaban J connectivity index is 0.00000261. The summed E-state index contributed by atoms with van der Waals surface area (Å²) in [6.45, 7) is 3.76. The molecule has 0 bridgehead atoms. The molecule has 0 atom stereocenters. The van der Waals surface area contributed by atoms with Crippen LogP contribution in [0.25, 0.3) is 0 Å². The lowest BCUT2D eigenvalue weighted by molar-refractivity contribution is 0.370. The van der Waals surface area contributed by atoms with E-state index in [9.17, 15) is 8.78 Å². The molecule has 146 valence electrons. The van der Waals surface area contributed by atoms with Crippen molar-refractivity contribution < 1.29 is 8.78 Å². The van der Waals surface area contributed by atoms with Crippen LogP contribution in [-0.4, -0.2) is 60.6 Å². The number of aromatic nitrogens is 2. The highest BCUT2D eigenvalue weighted by Crippen LogP contribution is 2.10. The van der Waals surface area contributed by atoms with Gasteiger partial charge in [-0.3, -0.25) is 4.99 Å². The topological polar surface area (TPSA) is 56.7 Å². The quantitative estimate of drug-likeness (QED) is 0.407. The number of anilines is 1. The highest BCUT2D eigenvalue weighted by molar-refractivity contribution is 14.0. The molecule has 1 N–H and O–H groups in total. The van der Waals surface area contributed by atoms with E-state index in [4.69, 9.17) is 0 Å². The molecular formula is C18H23F2IN6. The van der Waals surface area contributed by atoms with Gasteiger partial charge in [0.2, 0.25) is 5.95 Å². The van der Waals surface area contributed by atoms with Gasteiger partial charge in [-0.2, -0.15) is 0 Å². The minimum absolute atomic E-state index is 0. The first-order valence-corrected chi connectivity index (χ1v) is 8.58. The van der Waals surface area contributed by atoms with Crippen LogP contribution in [0.15, 0.2) is 41.7 Å². The lowest BCUT2D eigenvalue weighted by Crippen LogP contribution is -2.53. The van der Waals surface area contributed by atoms with Gasteiger partial charge in [-0.25, -0.2) is 18.7 Å². The largest absolute Gasteiger partial charge is 0.356 e. The first-order valence-electron chi connectivity index (χ1n) is 8.58. The van der Waals surface area contributed by atoms with E-state index in [0.29, 0.717) is 18.5 Å². The maximum Gasteiger partial charge on any atom is 0.225 e. The van der Waals surface area contributed by atoms with E-state index >= 15 is 0 Å². The third-order valence-electron chi connectivity index (χ3n) is 4.25. The fourth-order valence-electron chi connectivity index (χ4n) is 2.98. The van der Waals surface area contributed by atoms with Gasteiger partial charge in [0, 0.05) is 58.2 Å². The number of hydrogen-bond donors (Lipinski definition) is 1. The maximum absolute atomic E-state index is 13.2. The molecule has 2 aromatic rings.